The molecule has 0 aromatic heterocycles. The molecule has 1 atom stereocenters. The molecule has 1 unspecified atom stereocenters. The molecule has 1 saturated heterocycles. The highest BCUT2D eigenvalue weighted by Gasteiger charge is 2.22. The van der Waals surface area contributed by atoms with Crippen LogP contribution in [-0.2, 0) is 0 Å². The zero-order valence-electron chi connectivity index (χ0n) is 12.1. The summed E-state index contributed by atoms with van der Waals surface area (Å²) in [4.78, 5) is 26.0. The minimum Gasteiger partial charge on any atom is -0.530 e. The molecule has 0 spiro atoms. The standard InChI is InChI=1S/C15H21N3O3/c1-11(10-16)12-2-4-13(5-3-12)14(19)17-6-8-18(9-7-17)15(20)21/h2-5,11H,6-10,16H2,1H3,(H,20,21)/p-1. The highest BCUT2D eigenvalue weighted by molar-refractivity contribution is 5.94. The van der Waals surface area contributed by atoms with Crippen molar-refractivity contribution in [3.8, 4) is 0 Å². The molecule has 1 aliphatic heterocycles. The van der Waals surface area contributed by atoms with Crippen LogP contribution in [0.3, 0.4) is 0 Å². The Balaban J connectivity index is 1.99. The quantitative estimate of drug-likeness (QED) is 0.838. The van der Waals surface area contributed by atoms with Gasteiger partial charge in [0.25, 0.3) is 5.91 Å². The predicted octanol–water partition coefficient (Wildman–Crippen LogP) is -0.150. The van der Waals surface area contributed by atoms with Gasteiger partial charge in [0.2, 0.25) is 0 Å². The largest absolute Gasteiger partial charge is 0.530 e. The smallest absolute Gasteiger partial charge is 0.253 e. The van der Waals surface area contributed by atoms with E-state index in [0.717, 1.165) is 5.56 Å². The zero-order chi connectivity index (χ0) is 15.4. The number of benzene rings is 1. The molecule has 114 valence electrons. The third-order valence-corrected chi connectivity index (χ3v) is 3.91. The van der Waals surface area contributed by atoms with Crippen molar-refractivity contribution < 1.29 is 14.7 Å². The van der Waals surface area contributed by atoms with E-state index in [1.807, 2.05) is 19.1 Å². The van der Waals surface area contributed by atoms with Crippen molar-refractivity contribution in [2.24, 2.45) is 5.73 Å². The fourth-order valence-corrected chi connectivity index (χ4v) is 2.37. The Bertz CT molecular complexity index is 507. The molecule has 21 heavy (non-hydrogen) atoms. The summed E-state index contributed by atoms with van der Waals surface area (Å²) >= 11 is 0. The summed E-state index contributed by atoms with van der Waals surface area (Å²) < 4.78 is 0. The third kappa shape index (κ3) is 3.52. The molecule has 2 N–H and O–H groups in total. The summed E-state index contributed by atoms with van der Waals surface area (Å²) in [5.74, 6) is 0.195. The van der Waals surface area contributed by atoms with Crippen LogP contribution in [0.2, 0.25) is 0 Å². The van der Waals surface area contributed by atoms with Gasteiger partial charge in [-0.2, -0.15) is 0 Å². The average molecular weight is 290 g/mol. The van der Waals surface area contributed by atoms with E-state index in [4.69, 9.17) is 5.73 Å². The van der Waals surface area contributed by atoms with E-state index >= 15 is 0 Å². The Morgan fingerprint density at radius 2 is 1.67 bits per heavy atom. The molecule has 2 amide bonds. The van der Waals surface area contributed by atoms with Crippen LogP contribution in [0.5, 0.6) is 0 Å². The van der Waals surface area contributed by atoms with Crippen molar-refractivity contribution in [3.63, 3.8) is 0 Å². The molecule has 0 aliphatic carbocycles. The molecule has 6 nitrogen and oxygen atoms in total. The van der Waals surface area contributed by atoms with Gasteiger partial charge in [-0.15, -0.1) is 0 Å². The van der Waals surface area contributed by atoms with Gasteiger partial charge in [-0.05, 0) is 30.2 Å². The summed E-state index contributed by atoms with van der Waals surface area (Å²) in [6.07, 6.45) is -1.18. The number of hydrogen-bond acceptors (Lipinski definition) is 4. The Labute approximate surface area is 124 Å². The normalized spacial score (nSPS) is 16.7. The predicted molar refractivity (Wildman–Crippen MR) is 76.8 cm³/mol. The Kier molecular flexibility index (Phi) is 4.80. The Morgan fingerprint density at radius 1 is 1.14 bits per heavy atom. The Morgan fingerprint density at radius 3 is 2.14 bits per heavy atom. The molecular formula is C15H20N3O3-. The number of carbonyl (C=O) groups excluding carboxylic acids is 2. The number of carboxylic acid groups (broad SMARTS) is 1. The van der Waals surface area contributed by atoms with Gasteiger partial charge in [0.15, 0.2) is 0 Å². The van der Waals surface area contributed by atoms with E-state index in [-0.39, 0.29) is 11.8 Å². The molecule has 0 saturated carbocycles. The van der Waals surface area contributed by atoms with Crippen LogP contribution in [-0.4, -0.2) is 54.5 Å². The van der Waals surface area contributed by atoms with E-state index in [0.29, 0.717) is 38.3 Å². The second-order valence-corrected chi connectivity index (χ2v) is 5.30. The van der Waals surface area contributed by atoms with E-state index in [1.54, 1.807) is 17.0 Å². The van der Waals surface area contributed by atoms with Crippen LogP contribution in [0, 0.1) is 0 Å². The Hall–Kier alpha value is -2.08. The van der Waals surface area contributed by atoms with Crippen LogP contribution in [0.1, 0.15) is 28.8 Å². The van der Waals surface area contributed by atoms with Gasteiger partial charge in [-0.25, -0.2) is 0 Å². The van der Waals surface area contributed by atoms with Crippen molar-refractivity contribution >= 4 is 12.0 Å². The van der Waals surface area contributed by atoms with Gasteiger partial charge in [0.1, 0.15) is 6.09 Å². The molecule has 1 fully saturated rings. The van der Waals surface area contributed by atoms with Gasteiger partial charge in [-0.3, -0.25) is 4.79 Å². The van der Waals surface area contributed by atoms with E-state index < -0.39 is 6.09 Å². The monoisotopic (exact) mass is 290 g/mol. The van der Waals surface area contributed by atoms with Crippen LogP contribution < -0.4 is 10.8 Å². The highest BCUT2D eigenvalue weighted by atomic mass is 16.4. The lowest BCUT2D eigenvalue weighted by Crippen LogP contribution is -2.53. The molecular weight excluding hydrogens is 270 g/mol. The van der Waals surface area contributed by atoms with Gasteiger partial charge >= 0.3 is 0 Å². The average Bonchev–Trinajstić information content (AvgIpc) is 2.53. The summed E-state index contributed by atoms with van der Waals surface area (Å²) in [5, 5.41) is 10.7. The molecule has 6 heteroatoms. The van der Waals surface area contributed by atoms with Crippen molar-refractivity contribution in [1.82, 2.24) is 9.80 Å². The maximum atomic E-state index is 12.3. The summed E-state index contributed by atoms with van der Waals surface area (Å²) in [7, 11) is 0. The van der Waals surface area contributed by atoms with Crippen molar-refractivity contribution in [3.05, 3.63) is 35.4 Å². The highest BCUT2D eigenvalue weighted by Crippen LogP contribution is 2.16. The second kappa shape index (κ2) is 6.58. The minimum atomic E-state index is -1.18. The summed E-state index contributed by atoms with van der Waals surface area (Å²) in [6, 6.07) is 7.44. The van der Waals surface area contributed by atoms with Crippen molar-refractivity contribution in [2.75, 3.05) is 32.7 Å². The molecule has 2 rings (SSSR count). The first-order valence-electron chi connectivity index (χ1n) is 7.08. The lowest BCUT2D eigenvalue weighted by molar-refractivity contribution is -0.266. The van der Waals surface area contributed by atoms with Crippen LogP contribution in [0.25, 0.3) is 0 Å². The molecule has 1 aromatic carbocycles. The number of nitrogens with zero attached hydrogens (tertiary/aromatic N) is 2. The van der Waals surface area contributed by atoms with Crippen molar-refractivity contribution in [1.29, 1.82) is 0 Å². The fourth-order valence-electron chi connectivity index (χ4n) is 2.37. The minimum absolute atomic E-state index is 0.0695. The van der Waals surface area contributed by atoms with Gasteiger partial charge < -0.3 is 25.4 Å². The maximum absolute atomic E-state index is 12.3. The first kappa shape index (κ1) is 15.3. The second-order valence-electron chi connectivity index (χ2n) is 5.30. The summed E-state index contributed by atoms with van der Waals surface area (Å²) in [5.41, 5.74) is 7.35. The zero-order valence-corrected chi connectivity index (χ0v) is 12.1. The first-order valence-corrected chi connectivity index (χ1v) is 7.08. The fraction of sp³-hybridized carbons (Fsp3) is 0.467. The number of rotatable bonds is 3. The molecule has 1 aromatic rings. The van der Waals surface area contributed by atoms with E-state index in [9.17, 15) is 14.7 Å². The van der Waals surface area contributed by atoms with Crippen LogP contribution in [0.4, 0.5) is 4.79 Å². The lowest BCUT2D eigenvalue weighted by atomic mass is 10.00. The van der Waals surface area contributed by atoms with E-state index in [1.165, 1.54) is 4.90 Å². The van der Waals surface area contributed by atoms with Crippen LogP contribution >= 0.6 is 0 Å². The number of carbonyl (C=O) groups is 2. The lowest BCUT2D eigenvalue weighted by Gasteiger charge is -2.36. The summed E-state index contributed by atoms with van der Waals surface area (Å²) in [6.45, 7) is 4.00. The van der Waals surface area contributed by atoms with Gasteiger partial charge in [0, 0.05) is 31.7 Å². The van der Waals surface area contributed by atoms with Gasteiger partial charge in [-0.1, -0.05) is 19.1 Å². The number of amides is 2. The van der Waals surface area contributed by atoms with Gasteiger partial charge in [0.05, 0.1) is 0 Å². The number of piperazine rings is 1. The van der Waals surface area contributed by atoms with Crippen LogP contribution in [0.15, 0.2) is 24.3 Å². The van der Waals surface area contributed by atoms with Crippen molar-refractivity contribution in [2.45, 2.75) is 12.8 Å². The molecule has 1 heterocycles. The number of nitrogens with two attached hydrogens (primary N) is 1. The number of hydrogen-bond donors (Lipinski definition) is 1. The maximum Gasteiger partial charge on any atom is 0.253 e. The third-order valence-electron chi connectivity index (χ3n) is 3.91. The SMILES string of the molecule is CC(CN)c1ccc(C(=O)N2CCN(C(=O)[O-])CC2)cc1. The van der Waals surface area contributed by atoms with E-state index in [2.05, 4.69) is 0 Å². The molecule has 1 aliphatic rings. The first-order chi connectivity index (χ1) is 10.0. The molecule has 0 radical (unpaired) electrons. The molecule has 0 bridgehead atoms. The topological polar surface area (TPSA) is 89.7 Å².